The summed E-state index contributed by atoms with van der Waals surface area (Å²) in [5.41, 5.74) is 10.2. The van der Waals surface area contributed by atoms with Crippen molar-refractivity contribution in [2.45, 2.75) is 30.8 Å². The summed E-state index contributed by atoms with van der Waals surface area (Å²) in [4.78, 5) is 2.66. The van der Waals surface area contributed by atoms with Gasteiger partial charge >= 0.3 is 0 Å². The van der Waals surface area contributed by atoms with Crippen LogP contribution in [-0.4, -0.2) is 42.7 Å². The lowest BCUT2D eigenvalue weighted by atomic mass is 9.73. The monoisotopic (exact) mass is 399 g/mol. The Morgan fingerprint density at radius 3 is 1.77 bits per heavy atom. The van der Waals surface area contributed by atoms with Crippen LogP contribution in [0, 0.1) is 0 Å². The number of piperazine rings is 1. The zero-order valence-corrected chi connectivity index (χ0v) is 17.7. The number of hydrogen-bond donors (Lipinski definition) is 2. The van der Waals surface area contributed by atoms with E-state index in [4.69, 9.17) is 5.73 Å². The maximum Gasteiger partial charge on any atom is 0.0447 e. The molecule has 0 amide bonds. The number of nitrogens with one attached hydrogen (secondary N) is 1. The van der Waals surface area contributed by atoms with E-state index in [1.54, 1.807) is 0 Å². The number of hydrogen-bond acceptors (Lipinski definition) is 3. The van der Waals surface area contributed by atoms with Gasteiger partial charge in [-0.05, 0) is 36.0 Å². The lowest BCUT2D eigenvalue weighted by Gasteiger charge is -2.53. The van der Waals surface area contributed by atoms with Gasteiger partial charge in [-0.2, -0.15) is 0 Å². The predicted octanol–water partition coefficient (Wildman–Crippen LogP) is 3.69. The first-order valence-electron chi connectivity index (χ1n) is 11.1. The second-order valence-electron chi connectivity index (χ2n) is 8.40. The van der Waals surface area contributed by atoms with E-state index >= 15 is 0 Å². The van der Waals surface area contributed by atoms with Crippen LogP contribution in [0.2, 0.25) is 0 Å². The average Bonchev–Trinajstić information content (AvgIpc) is 2.79. The summed E-state index contributed by atoms with van der Waals surface area (Å²) in [6.45, 7) is 3.64. The van der Waals surface area contributed by atoms with Crippen molar-refractivity contribution in [2.75, 3.05) is 26.2 Å². The smallest absolute Gasteiger partial charge is 0.0447 e. The Morgan fingerprint density at radius 1 is 0.767 bits per heavy atom. The molecule has 1 fully saturated rings. The van der Waals surface area contributed by atoms with Crippen LogP contribution in [-0.2, 0) is 19.3 Å². The topological polar surface area (TPSA) is 41.3 Å². The van der Waals surface area contributed by atoms with Gasteiger partial charge in [0.1, 0.15) is 0 Å². The minimum Gasteiger partial charge on any atom is -0.329 e. The Hall–Kier alpha value is -2.46. The first-order valence-corrected chi connectivity index (χ1v) is 11.1. The molecule has 3 nitrogen and oxygen atoms in total. The molecule has 1 saturated heterocycles. The van der Waals surface area contributed by atoms with Crippen molar-refractivity contribution < 1.29 is 0 Å². The fourth-order valence-corrected chi connectivity index (χ4v) is 5.04. The predicted molar refractivity (Wildman–Crippen MR) is 126 cm³/mol. The highest BCUT2D eigenvalue weighted by Gasteiger charge is 2.45. The van der Waals surface area contributed by atoms with Crippen LogP contribution in [0.25, 0.3) is 0 Å². The number of rotatable bonds is 8. The lowest BCUT2D eigenvalue weighted by Crippen LogP contribution is -2.70. The molecule has 3 N–H and O–H groups in total. The number of nitrogens with zero attached hydrogens (tertiary/aromatic N) is 1. The van der Waals surface area contributed by atoms with Crippen molar-refractivity contribution in [3.8, 4) is 0 Å². The van der Waals surface area contributed by atoms with Crippen LogP contribution in [0.1, 0.15) is 16.7 Å². The van der Waals surface area contributed by atoms with E-state index in [2.05, 4.69) is 101 Å². The third-order valence-corrected chi connectivity index (χ3v) is 6.44. The summed E-state index contributed by atoms with van der Waals surface area (Å²) in [5.74, 6) is 0. The number of nitrogens with two attached hydrogens (primary N) is 1. The summed E-state index contributed by atoms with van der Waals surface area (Å²) in [5, 5.41) is 3.90. The van der Waals surface area contributed by atoms with Crippen LogP contribution in [0.3, 0.4) is 0 Å². The zero-order chi connectivity index (χ0) is 20.7. The molecule has 4 rings (SSSR count). The average molecular weight is 400 g/mol. The van der Waals surface area contributed by atoms with Gasteiger partial charge in [-0.25, -0.2) is 0 Å². The quantitative estimate of drug-likeness (QED) is 0.607. The van der Waals surface area contributed by atoms with E-state index < -0.39 is 0 Å². The molecule has 1 aliphatic heterocycles. The summed E-state index contributed by atoms with van der Waals surface area (Å²) >= 11 is 0. The molecular weight excluding hydrogens is 366 g/mol. The van der Waals surface area contributed by atoms with E-state index in [-0.39, 0.29) is 5.54 Å². The molecule has 156 valence electrons. The molecule has 3 aromatic rings. The summed E-state index contributed by atoms with van der Waals surface area (Å²) in [7, 11) is 0. The van der Waals surface area contributed by atoms with E-state index in [0.717, 1.165) is 38.9 Å². The minimum absolute atomic E-state index is 0.0316. The normalized spacial score (nSPS) is 18.9. The van der Waals surface area contributed by atoms with Gasteiger partial charge in [-0.3, -0.25) is 4.90 Å². The van der Waals surface area contributed by atoms with Crippen molar-refractivity contribution in [2.24, 2.45) is 5.73 Å². The van der Waals surface area contributed by atoms with Crippen LogP contribution in [0.15, 0.2) is 91.0 Å². The first kappa shape index (κ1) is 20.8. The molecule has 1 unspecified atom stereocenters. The summed E-state index contributed by atoms with van der Waals surface area (Å²) in [6.07, 6.45) is 3.03. The Morgan fingerprint density at radius 2 is 1.27 bits per heavy atom. The molecule has 3 aromatic carbocycles. The molecule has 0 aliphatic carbocycles. The van der Waals surface area contributed by atoms with Crippen molar-refractivity contribution >= 4 is 0 Å². The third kappa shape index (κ3) is 4.81. The van der Waals surface area contributed by atoms with Gasteiger partial charge in [0.25, 0.3) is 0 Å². The highest BCUT2D eigenvalue weighted by atomic mass is 15.3. The Bertz CT molecular complexity index is 836. The van der Waals surface area contributed by atoms with E-state index in [1.165, 1.54) is 16.7 Å². The highest BCUT2D eigenvalue weighted by molar-refractivity contribution is 5.28. The van der Waals surface area contributed by atoms with Crippen molar-refractivity contribution in [3.05, 3.63) is 108 Å². The molecule has 0 saturated carbocycles. The largest absolute Gasteiger partial charge is 0.329 e. The van der Waals surface area contributed by atoms with E-state index in [0.29, 0.717) is 12.6 Å². The second kappa shape index (κ2) is 10.0. The molecular formula is C27H33N3. The fourth-order valence-electron chi connectivity index (χ4n) is 5.04. The Balaban J connectivity index is 1.76. The molecule has 0 spiro atoms. The maximum atomic E-state index is 6.10. The van der Waals surface area contributed by atoms with Crippen molar-refractivity contribution in [1.29, 1.82) is 0 Å². The molecule has 0 radical (unpaired) electrons. The van der Waals surface area contributed by atoms with Crippen molar-refractivity contribution in [3.63, 3.8) is 0 Å². The van der Waals surface area contributed by atoms with Gasteiger partial charge in [-0.1, -0.05) is 91.0 Å². The Kier molecular flexibility index (Phi) is 6.96. The molecule has 1 aliphatic rings. The molecule has 0 bridgehead atoms. The van der Waals surface area contributed by atoms with Gasteiger partial charge in [0.15, 0.2) is 0 Å². The second-order valence-corrected chi connectivity index (χ2v) is 8.40. The van der Waals surface area contributed by atoms with Crippen LogP contribution < -0.4 is 11.1 Å². The maximum absolute atomic E-state index is 6.10. The zero-order valence-electron chi connectivity index (χ0n) is 17.7. The SMILES string of the molecule is NCCN1CCNC(Cc2ccccc2)C1(Cc1ccccc1)Cc1ccccc1. The Labute approximate surface area is 180 Å². The third-order valence-electron chi connectivity index (χ3n) is 6.44. The van der Waals surface area contributed by atoms with Crippen LogP contribution in [0.4, 0.5) is 0 Å². The number of benzene rings is 3. The van der Waals surface area contributed by atoms with E-state index in [1.807, 2.05) is 0 Å². The minimum atomic E-state index is -0.0316. The lowest BCUT2D eigenvalue weighted by molar-refractivity contribution is 0.0211. The standard InChI is InChI=1S/C27H33N3/c28-16-18-30-19-17-29-26(20-23-10-4-1-5-11-23)27(30,21-24-12-6-2-7-13-24)22-25-14-8-3-9-15-25/h1-15,26,29H,16-22,28H2. The molecule has 30 heavy (non-hydrogen) atoms. The van der Waals surface area contributed by atoms with Gasteiger partial charge in [0.2, 0.25) is 0 Å². The molecule has 1 heterocycles. The molecule has 1 atom stereocenters. The molecule has 3 heteroatoms. The molecule has 0 aromatic heterocycles. The van der Waals surface area contributed by atoms with E-state index in [9.17, 15) is 0 Å². The van der Waals surface area contributed by atoms with Gasteiger partial charge < -0.3 is 11.1 Å². The summed E-state index contributed by atoms with van der Waals surface area (Å²) in [6, 6.07) is 33.1. The van der Waals surface area contributed by atoms with Crippen LogP contribution >= 0.6 is 0 Å². The van der Waals surface area contributed by atoms with Crippen molar-refractivity contribution in [1.82, 2.24) is 10.2 Å². The first-order chi connectivity index (χ1) is 14.8. The summed E-state index contributed by atoms with van der Waals surface area (Å²) < 4.78 is 0. The van der Waals surface area contributed by atoms with Gasteiger partial charge in [0.05, 0.1) is 0 Å². The van der Waals surface area contributed by atoms with Gasteiger partial charge in [-0.15, -0.1) is 0 Å². The van der Waals surface area contributed by atoms with Crippen LogP contribution in [0.5, 0.6) is 0 Å². The fraction of sp³-hybridized carbons (Fsp3) is 0.333. The van der Waals surface area contributed by atoms with Gasteiger partial charge in [0, 0.05) is 37.8 Å². The highest BCUT2D eigenvalue weighted by Crippen LogP contribution is 2.33.